The molecule has 4 aliphatic heterocycles. The molecule has 6 fully saturated rings. The SMILES string of the molecule is COC(=O)NC1C(C)OC(O[C@H]2C/C=C(\C)[C@H]3C=C[C@@H]4[C@@H](OC5CC(OC6CC(C)C(OC7CC(O)C(OC)C(C)O7)C(O)C6)C(O)C(C)O5)[C@@H](C)C[C@H](C)[C@@H]4[C@@]3(C)C(O)=C3C(=O)O[C@H]4C(C3=O)[C@H](C=C(CO)[C@@H]4C)/C=C\2C)CC1(C)N(O)O. The molecule has 0 spiro atoms. The number of esters is 1. The number of amides is 1. The summed E-state index contributed by atoms with van der Waals surface area (Å²) in [5, 5.41) is 81.8. The molecule has 0 aromatic heterocycles. The van der Waals surface area contributed by atoms with Gasteiger partial charge in [0, 0.05) is 61.9 Å². The molecule has 472 valence electrons. The quantitative estimate of drug-likeness (QED) is 0.0488. The highest BCUT2D eigenvalue weighted by molar-refractivity contribution is 6.20. The Morgan fingerprint density at radius 2 is 1.42 bits per heavy atom. The van der Waals surface area contributed by atoms with Crippen molar-refractivity contribution < 1.29 is 97.7 Å². The van der Waals surface area contributed by atoms with Gasteiger partial charge in [-0.3, -0.25) is 15.2 Å². The summed E-state index contributed by atoms with van der Waals surface area (Å²) in [6.45, 7) is 20.2. The molecule has 0 aromatic rings. The summed E-state index contributed by atoms with van der Waals surface area (Å²) in [7, 11) is 2.73. The first-order chi connectivity index (χ1) is 39.6. The van der Waals surface area contributed by atoms with E-state index in [4.69, 9.17) is 47.4 Å². The smallest absolute Gasteiger partial charge is 0.407 e. The zero-order chi connectivity index (χ0) is 61.2. The van der Waals surface area contributed by atoms with E-state index in [9.17, 15) is 45.5 Å². The van der Waals surface area contributed by atoms with Gasteiger partial charge in [-0.2, -0.15) is 0 Å². The lowest BCUT2D eigenvalue weighted by atomic mass is 9.49. The highest BCUT2D eigenvalue weighted by Crippen LogP contribution is 2.60. The Kier molecular flexibility index (Phi) is 19.9. The first kappa shape index (κ1) is 64.8. The fourth-order valence-electron chi connectivity index (χ4n) is 16.4. The molecule has 28 atom stereocenters. The average Bonchev–Trinajstić information content (AvgIpc) is 0.841. The third-order valence-corrected chi connectivity index (χ3v) is 20.8. The van der Waals surface area contributed by atoms with E-state index >= 15 is 4.79 Å². The van der Waals surface area contributed by atoms with Gasteiger partial charge in [0.2, 0.25) is 0 Å². The van der Waals surface area contributed by atoms with Crippen LogP contribution < -0.4 is 5.32 Å². The first-order valence-electron chi connectivity index (χ1n) is 30.4. The van der Waals surface area contributed by atoms with Crippen LogP contribution in [-0.2, 0) is 57.0 Å². The van der Waals surface area contributed by atoms with E-state index in [2.05, 4.69) is 25.2 Å². The third-order valence-electron chi connectivity index (χ3n) is 20.8. The molecule has 4 saturated heterocycles. The number of aliphatic hydroxyl groups excluding tert-OH is 5. The Labute approximate surface area is 493 Å². The molecular weight excluding hydrogens is 1090 g/mol. The Bertz CT molecular complexity index is 2530. The number of rotatable bonds is 12. The monoisotopic (exact) mass is 1190 g/mol. The number of carbonyl (C=O) groups excluding carboxylic acids is 3. The van der Waals surface area contributed by atoms with Gasteiger partial charge in [-0.1, -0.05) is 75.8 Å². The van der Waals surface area contributed by atoms with Crippen molar-refractivity contribution in [3.8, 4) is 0 Å². The van der Waals surface area contributed by atoms with E-state index in [1.165, 1.54) is 14.2 Å². The Morgan fingerprint density at radius 3 is 2.07 bits per heavy atom. The number of ketones is 1. The van der Waals surface area contributed by atoms with E-state index in [-0.39, 0.29) is 73.4 Å². The third kappa shape index (κ3) is 12.3. The minimum absolute atomic E-state index is 0.0471. The maximum atomic E-state index is 15.5. The molecule has 0 radical (unpaired) electrons. The van der Waals surface area contributed by atoms with Crippen LogP contribution in [-0.4, -0.2) is 190 Å². The van der Waals surface area contributed by atoms with Crippen molar-refractivity contribution in [2.75, 3.05) is 20.8 Å². The van der Waals surface area contributed by atoms with Crippen LogP contribution >= 0.6 is 0 Å². The largest absolute Gasteiger partial charge is 0.511 e. The number of nitrogens with one attached hydrogen (secondary N) is 1. The van der Waals surface area contributed by atoms with Crippen LogP contribution in [0.15, 0.2) is 58.4 Å². The van der Waals surface area contributed by atoms with Crippen LogP contribution in [0.25, 0.3) is 0 Å². The maximum Gasteiger partial charge on any atom is 0.407 e. The van der Waals surface area contributed by atoms with Gasteiger partial charge in [0.1, 0.15) is 29.6 Å². The van der Waals surface area contributed by atoms with E-state index in [0.717, 1.165) is 5.57 Å². The number of carbonyl (C=O) groups is 3. The van der Waals surface area contributed by atoms with Crippen molar-refractivity contribution in [2.24, 2.45) is 58.7 Å². The molecule has 5 aliphatic carbocycles. The average molecular weight is 1190 g/mol. The number of nitrogens with zero attached hydrogens (tertiary/aromatic N) is 1. The van der Waals surface area contributed by atoms with Crippen molar-refractivity contribution in [1.29, 1.82) is 0 Å². The topological polar surface area (TPSA) is 300 Å². The highest BCUT2D eigenvalue weighted by Gasteiger charge is 2.61. The van der Waals surface area contributed by atoms with Gasteiger partial charge in [0.05, 0.1) is 92.3 Å². The zero-order valence-corrected chi connectivity index (χ0v) is 50.9. The Hall–Kier alpha value is -3.69. The van der Waals surface area contributed by atoms with Gasteiger partial charge in [-0.05, 0) is 95.6 Å². The van der Waals surface area contributed by atoms with Crippen LogP contribution in [0.1, 0.15) is 121 Å². The summed E-state index contributed by atoms with van der Waals surface area (Å²) < 4.78 is 62.3. The maximum absolute atomic E-state index is 15.5. The molecule has 9 aliphatic rings. The molecule has 2 saturated carbocycles. The van der Waals surface area contributed by atoms with Crippen LogP contribution in [0.5, 0.6) is 0 Å². The standard InChI is InChI=1S/C62H94N2O20/c1-27-14-17-43(81-47-25-61(10,64(73)74)57(35(9)79-47)63-60(72)76-13)28(2)19-36-21-37(26-65)32(6)55-48(36)52(69)49(59(71)84-55)58(70)62(11)40(27)16-15-39-50(62)29(3)18-30(4)53(39)82-46-24-44(51(68)33(7)77-46)80-38-20-31(5)54(41(66)22-38)83-45-23-42(67)56(75-12)34(8)78-45/h14-16,19,21,29-36,38-48,50-51,53-57,65-68,70,73-74H,17-18,20,22-26H2,1-13H3,(H,63,72)/b27-14+,28-19-,58-49?/t29-,30-,31?,32-,33?,34?,35?,36-,38?,39-,40+,41?,42?,43-,44?,45?,46?,47?,48?,50-,51?,53-,54?,55+,56?,57?,61?,62-/m0/s1. The number of allylic oxidation sites excluding steroid dienone is 5. The molecule has 0 aromatic carbocycles. The van der Waals surface area contributed by atoms with E-state index in [0.29, 0.717) is 24.0 Å². The van der Waals surface area contributed by atoms with Gasteiger partial charge >= 0.3 is 12.1 Å². The number of methoxy groups -OCH3 is 2. The number of aliphatic hydroxyl groups is 5. The number of hydroxylamine groups is 2. The van der Waals surface area contributed by atoms with E-state index in [1.54, 1.807) is 27.7 Å². The van der Waals surface area contributed by atoms with Crippen molar-refractivity contribution in [3.63, 3.8) is 0 Å². The molecule has 8 N–H and O–H groups in total. The minimum atomic E-state index is -1.52. The molecule has 1 amide bonds. The van der Waals surface area contributed by atoms with Crippen molar-refractivity contribution >= 4 is 17.8 Å². The molecule has 22 nitrogen and oxygen atoms in total. The Morgan fingerprint density at radius 1 is 0.762 bits per heavy atom. The fraction of sp³-hybridized carbons (Fsp3) is 0.790. The van der Waals surface area contributed by atoms with Gasteiger partial charge in [0.25, 0.3) is 0 Å². The highest BCUT2D eigenvalue weighted by atomic mass is 16.8. The predicted octanol–water partition coefficient (Wildman–Crippen LogP) is 5.90. The van der Waals surface area contributed by atoms with Crippen LogP contribution in [0.4, 0.5) is 4.79 Å². The summed E-state index contributed by atoms with van der Waals surface area (Å²) in [4.78, 5) is 42.6. The van der Waals surface area contributed by atoms with Crippen LogP contribution in [0.2, 0.25) is 0 Å². The lowest BCUT2D eigenvalue weighted by molar-refractivity contribution is -0.390. The second-order valence-electron chi connectivity index (χ2n) is 26.4. The van der Waals surface area contributed by atoms with E-state index in [1.807, 2.05) is 58.9 Å². The summed E-state index contributed by atoms with van der Waals surface area (Å²) in [6.07, 6.45) is -0.675. The summed E-state index contributed by atoms with van der Waals surface area (Å²) in [5.41, 5.74) is -1.18. The zero-order valence-electron chi connectivity index (χ0n) is 50.9. The van der Waals surface area contributed by atoms with Crippen LogP contribution in [0, 0.1) is 58.7 Å². The number of Topliss-reactive ketones (excluding diaryl/α,β-unsaturated/α-hetero) is 1. The molecule has 2 bridgehead atoms. The summed E-state index contributed by atoms with van der Waals surface area (Å²) in [5.74, 6) is -5.85. The van der Waals surface area contributed by atoms with Crippen molar-refractivity contribution in [3.05, 3.63) is 58.4 Å². The number of hydrogen-bond acceptors (Lipinski definition) is 21. The number of fused-ring (bicyclic) bond motifs is 4. The molecule has 17 unspecified atom stereocenters. The molecule has 22 heteroatoms. The number of ether oxygens (including phenoxy) is 10. The van der Waals surface area contributed by atoms with Crippen LogP contribution in [0.3, 0.4) is 0 Å². The van der Waals surface area contributed by atoms with Crippen molar-refractivity contribution in [2.45, 2.75) is 231 Å². The molecule has 4 heterocycles. The van der Waals surface area contributed by atoms with E-state index < -0.39 is 168 Å². The Balaban J connectivity index is 1.01. The fourth-order valence-corrected chi connectivity index (χ4v) is 16.4. The molecule has 9 rings (SSSR count). The lowest BCUT2D eigenvalue weighted by Gasteiger charge is -2.57. The molecule has 84 heavy (non-hydrogen) atoms. The number of alkyl carbamates (subject to hydrolysis) is 1. The normalized spacial score (nSPS) is 48.6. The second-order valence-corrected chi connectivity index (χ2v) is 26.4. The van der Waals surface area contributed by atoms with Gasteiger partial charge < -0.3 is 78.2 Å². The van der Waals surface area contributed by atoms with Gasteiger partial charge in [-0.15, -0.1) is 0 Å². The minimum Gasteiger partial charge on any atom is -0.511 e. The summed E-state index contributed by atoms with van der Waals surface area (Å²) >= 11 is 0. The second kappa shape index (κ2) is 25.8. The van der Waals surface area contributed by atoms with Crippen molar-refractivity contribution in [1.82, 2.24) is 10.5 Å². The van der Waals surface area contributed by atoms with Gasteiger partial charge in [0.15, 0.2) is 24.7 Å². The predicted molar refractivity (Wildman–Crippen MR) is 299 cm³/mol. The lowest BCUT2D eigenvalue weighted by Crippen LogP contribution is -2.68. The molecular formula is C62H94N2O20. The van der Waals surface area contributed by atoms with Gasteiger partial charge in [-0.25, -0.2) is 9.59 Å². The number of hydrogen-bond donors (Lipinski definition) is 8. The first-order valence-corrected chi connectivity index (χ1v) is 30.4. The summed E-state index contributed by atoms with van der Waals surface area (Å²) in [6, 6.07) is -0.943.